The molecule has 0 spiro atoms. The van der Waals surface area contributed by atoms with Crippen molar-refractivity contribution in [3.05, 3.63) is 0 Å². The Morgan fingerprint density at radius 2 is 1.53 bits per heavy atom. The highest BCUT2D eigenvalue weighted by molar-refractivity contribution is 4.61. The van der Waals surface area contributed by atoms with E-state index in [9.17, 15) is 0 Å². The number of hydrogen-bond donors (Lipinski definition) is 0. The Hall–Kier alpha value is -0.0400. The summed E-state index contributed by atoms with van der Waals surface area (Å²) in [6, 6.07) is 0. The molecule has 1 nitrogen and oxygen atoms in total. The quantitative estimate of drug-likeness (QED) is 0.488. The SMILES string of the molecule is CCCCCCC(CCC)CCN(C)C. The van der Waals surface area contributed by atoms with Crippen LogP contribution in [0.25, 0.3) is 0 Å². The largest absolute Gasteiger partial charge is 0.309 e. The van der Waals surface area contributed by atoms with Crippen LogP contribution in [-0.4, -0.2) is 25.5 Å². The van der Waals surface area contributed by atoms with Crippen molar-refractivity contribution in [2.75, 3.05) is 20.6 Å². The number of hydrogen-bond acceptors (Lipinski definition) is 1. The molecule has 0 amide bonds. The Bertz CT molecular complexity index is 121. The third-order valence-corrected chi connectivity index (χ3v) is 3.15. The van der Waals surface area contributed by atoms with Gasteiger partial charge in [-0.05, 0) is 33.0 Å². The van der Waals surface area contributed by atoms with Gasteiger partial charge in [0, 0.05) is 0 Å². The van der Waals surface area contributed by atoms with Crippen LogP contribution in [0.4, 0.5) is 0 Å². The fourth-order valence-corrected chi connectivity index (χ4v) is 2.14. The first kappa shape index (κ1) is 15.0. The zero-order valence-electron chi connectivity index (χ0n) is 11.4. The van der Waals surface area contributed by atoms with Gasteiger partial charge in [0.1, 0.15) is 0 Å². The lowest BCUT2D eigenvalue weighted by Gasteiger charge is -2.18. The highest BCUT2D eigenvalue weighted by atomic mass is 15.0. The second kappa shape index (κ2) is 10.5. The van der Waals surface area contributed by atoms with E-state index >= 15 is 0 Å². The smallest absolute Gasteiger partial charge is 0.00222 e. The molecule has 1 unspecified atom stereocenters. The van der Waals surface area contributed by atoms with Gasteiger partial charge in [-0.1, -0.05) is 58.8 Å². The number of unbranched alkanes of at least 4 members (excludes halogenated alkanes) is 3. The van der Waals surface area contributed by atoms with Crippen LogP contribution in [0.5, 0.6) is 0 Å². The molecule has 0 N–H and O–H groups in total. The standard InChI is InChI=1S/C14H31N/c1-5-7-8-9-11-14(10-6-2)12-13-15(3)4/h14H,5-13H2,1-4H3. The summed E-state index contributed by atoms with van der Waals surface area (Å²) in [7, 11) is 4.36. The van der Waals surface area contributed by atoms with Gasteiger partial charge in [0.25, 0.3) is 0 Å². The fourth-order valence-electron chi connectivity index (χ4n) is 2.14. The fraction of sp³-hybridized carbons (Fsp3) is 1.00. The average molecular weight is 213 g/mol. The molecule has 15 heavy (non-hydrogen) atoms. The van der Waals surface area contributed by atoms with E-state index < -0.39 is 0 Å². The van der Waals surface area contributed by atoms with E-state index in [4.69, 9.17) is 0 Å². The molecule has 0 saturated carbocycles. The summed E-state index contributed by atoms with van der Waals surface area (Å²) in [5, 5.41) is 0. The van der Waals surface area contributed by atoms with Gasteiger partial charge in [0.05, 0.1) is 0 Å². The van der Waals surface area contributed by atoms with Crippen LogP contribution in [-0.2, 0) is 0 Å². The molecule has 0 aromatic heterocycles. The maximum atomic E-state index is 2.31. The minimum absolute atomic E-state index is 0.981. The van der Waals surface area contributed by atoms with Crippen molar-refractivity contribution in [3.63, 3.8) is 0 Å². The van der Waals surface area contributed by atoms with Crippen LogP contribution in [0.1, 0.15) is 65.2 Å². The Balaban J connectivity index is 3.53. The predicted octanol–water partition coefficient (Wildman–Crippen LogP) is 4.32. The van der Waals surface area contributed by atoms with Crippen molar-refractivity contribution >= 4 is 0 Å². The van der Waals surface area contributed by atoms with E-state index in [1.807, 2.05) is 0 Å². The van der Waals surface area contributed by atoms with Gasteiger partial charge in [-0.25, -0.2) is 0 Å². The highest BCUT2D eigenvalue weighted by Gasteiger charge is 2.07. The van der Waals surface area contributed by atoms with Gasteiger partial charge in [-0.2, -0.15) is 0 Å². The average Bonchev–Trinajstić information content (AvgIpc) is 2.20. The lowest BCUT2D eigenvalue weighted by Crippen LogP contribution is -2.16. The molecule has 0 saturated heterocycles. The van der Waals surface area contributed by atoms with Gasteiger partial charge in [-0.3, -0.25) is 0 Å². The Morgan fingerprint density at radius 1 is 0.800 bits per heavy atom. The van der Waals surface area contributed by atoms with Crippen LogP contribution in [0.3, 0.4) is 0 Å². The molecule has 0 aliphatic heterocycles. The normalized spacial score (nSPS) is 13.4. The molecule has 0 radical (unpaired) electrons. The zero-order valence-corrected chi connectivity index (χ0v) is 11.4. The van der Waals surface area contributed by atoms with E-state index in [-0.39, 0.29) is 0 Å². The van der Waals surface area contributed by atoms with E-state index in [1.54, 1.807) is 0 Å². The molecule has 0 aromatic rings. The van der Waals surface area contributed by atoms with Gasteiger partial charge < -0.3 is 4.90 Å². The topological polar surface area (TPSA) is 3.24 Å². The summed E-state index contributed by atoms with van der Waals surface area (Å²) in [5.41, 5.74) is 0. The van der Waals surface area contributed by atoms with Crippen LogP contribution in [0, 0.1) is 5.92 Å². The molecule has 0 aliphatic rings. The lowest BCUT2D eigenvalue weighted by molar-refractivity contribution is 0.319. The van der Waals surface area contributed by atoms with Gasteiger partial charge in [0.2, 0.25) is 0 Å². The molecule has 0 fully saturated rings. The van der Waals surface area contributed by atoms with Crippen LogP contribution < -0.4 is 0 Å². The summed E-state index contributed by atoms with van der Waals surface area (Å²) in [6.07, 6.45) is 11.3. The molecule has 92 valence electrons. The summed E-state index contributed by atoms with van der Waals surface area (Å²) in [5.74, 6) is 0.981. The highest BCUT2D eigenvalue weighted by Crippen LogP contribution is 2.19. The van der Waals surface area contributed by atoms with Gasteiger partial charge >= 0.3 is 0 Å². The maximum Gasteiger partial charge on any atom is -0.00222 e. The molecule has 0 rings (SSSR count). The first-order chi connectivity index (χ1) is 7.20. The van der Waals surface area contributed by atoms with Crippen molar-refractivity contribution in [2.24, 2.45) is 5.92 Å². The van der Waals surface area contributed by atoms with Crippen LogP contribution in [0.15, 0.2) is 0 Å². The minimum atomic E-state index is 0.981. The van der Waals surface area contributed by atoms with Crippen molar-refractivity contribution < 1.29 is 0 Å². The van der Waals surface area contributed by atoms with Gasteiger partial charge in [0.15, 0.2) is 0 Å². The molecular weight excluding hydrogens is 182 g/mol. The zero-order chi connectivity index (χ0) is 11.5. The lowest BCUT2D eigenvalue weighted by atomic mass is 9.93. The Labute approximate surface area is 97.2 Å². The van der Waals surface area contributed by atoms with Crippen molar-refractivity contribution in [2.45, 2.75) is 65.2 Å². The second-order valence-electron chi connectivity index (χ2n) is 5.10. The summed E-state index contributed by atoms with van der Waals surface area (Å²) in [4.78, 5) is 2.31. The number of rotatable bonds is 10. The predicted molar refractivity (Wildman–Crippen MR) is 70.3 cm³/mol. The van der Waals surface area contributed by atoms with E-state index in [2.05, 4.69) is 32.8 Å². The third-order valence-electron chi connectivity index (χ3n) is 3.15. The molecule has 1 atom stereocenters. The van der Waals surface area contributed by atoms with Gasteiger partial charge in [-0.15, -0.1) is 0 Å². The monoisotopic (exact) mass is 213 g/mol. The van der Waals surface area contributed by atoms with Crippen molar-refractivity contribution in [3.8, 4) is 0 Å². The van der Waals surface area contributed by atoms with E-state index in [0.717, 1.165) is 5.92 Å². The van der Waals surface area contributed by atoms with E-state index in [1.165, 1.54) is 57.9 Å². The van der Waals surface area contributed by atoms with E-state index in [0.29, 0.717) is 0 Å². The first-order valence-corrected chi connectivity index (χ1v) is 6.85. The molecule has 0 heterocycles. The summed E-state index contributed by atoms with van der Waals surface area (Å²) in [6.45, 7) is 5.86. The number of nitrogens with zero attached hydrogens (tertiary/aromatic N) is 1. The molecular formula is C14H31N. The van der Waals surface area contributed by atoms with Crippen LogP contribution >= 0.6 is 0 Å². The van der Waals surface area contributed by atoms with Crippen molar-refractivity contribution in [1.29, 1.82) is 0 Å². The summed E-state index contributed by atoms with van der Waals surface area (Å²) < 4.78 is 0. The first-order valence-electron chi connectivity index (χ1n) is 6.85. The Kier molecular flexibility index (Phi) is 10.4. The van der Waals surface area contributed by atoms with Crippen molar-refractivity contribution in [1.82, 2.24) is 4.90 Å². The Morgan fingerprint density at radius 3 is 2.07 bits per heavy atom. The minimum Gasteiger partial charge on any atom is -0.309 e. The second-order valence-corrected chi connectivity index (χ2v) is 5.10. The molecule has 1 heteroatoms. The third kappa shape index (κ3) is 10.2. The molecule has 0 aromatic carbocycles. The molecule has 0 aliphatic carbocycles. The summed E-state index contributed by atoms with van der Waals surface area (Å²) >= 11 is 0. The molecule has 0 bridgehead atoms. The maximum absolute atomic E-state index is 2.31. The van der Waals surface area contributed by atoms with Crippen LogP contribution in [0.2, 0.25) is 0 Å².